The van der Waals surface area contributed by atoms with Crippen molar-refractivity contribution in [3.05, 3.63) is 53.6 Å². The average Bonchev–Trinajstić information content (AvgIpc) is 3.37. The maximum Gasteiger partial charge on any atom is 0.322 e. The van der Waals surface area contributed by atoms with Gasteiger partial charge in [0.2, 0.25) is 5.91 Å². The number of halogens is 1. The number of carbonyl (C=O) groups excluding carboxylic acids is 3. The van der Waals surface area contributed by atoms with Crippen LogP contribution in [0.3, 0.4) is 0 Å². The molecule has 11 nitrogen and oxygen atoms in total. The molecule has 2 aromatic rings. The second-order valence-electron chi connectivity index (χ2n) is 9.20. The van der Waals surface area contributed by atoms with Crippen LogP contribution in [0.25, 0.3) is 0 Å². The van der Waals surface area contributed by atoms with Gasteiger partial charge in [-0.2, -0.15) is 0 Å². The predicted octanol–water partition coefficient (Wildman–Crippen LogP) is 1.68. The Balaban J connectivity index is 1.48. The Labute approximate surface area is 226 Å². The van der Waals surface area contributed by atoms with E-state index in [-0.39, 0.29) is 44.5 Å². The predicted molar refractivity (Wildman–Crippen MR) is 143 cm³/mol. The van der Waals surface area contributed by atoms with E-state index in [1.54, 1.807) is 60.5 Å². The first-order valence-electron chi connectivity index (χ1n) is 12.4. The van der Waals surface area contributed by atoms with Crippen molar-refractivity contribution in [1.29, 1.82) is 0 Å². The fourth-order valence-electron chi connectivity index (χ4n) is 4.42. The molecule has 4 N–H and O–H groups in total. The Morgan fingerprint density at radius 2 is 1.95 bits per heavy atom. The summed E-state index contributed by atoms with van der Waals surface area (Å²) in [5, 5.41) is 13.1. The summed E-state index contributed by atoms with van der Waals surface area (Å²) in [4.78, 5) is 43.5. The number of hydrogen-bond donors (Lipinski definition) is 3. The molecular weight excluding hydrogens is 514 g/mol. The molecule has 3 atom stereocenters. The van der Waals surface area contributed by atoms with Gasteiger partial charge in [-0.15, -0.1) is 0 Å². The van der Waals surface area contributed by atoms with Gasteiger partial charge in [0.1, 0.15) is 12.6 Å². The third-order valence-corrected chi connectivity index (χ3v) is 6.82. The molecule has 2 fully saturated rings. The summed E-state index contributed by atoms with van der Waals surface area (Å²) < 4.78 is 11.0. The molecule has 0 radical (unpaired) electrons. The van der Waals surface area contributed by atoms with Crippen LogP contribution in [0.2, 0.25) is 5.02 Å². The summed E-state index contributed by atoms with van der Waals surface area (Å²) in [5.74, 6) is -0.413. The smallest absolute Gasteiger partial charge is 0.322 e. The van der Waals surface area contributed by atoms with E-state index >= 15 is 0 Å². The number of amides is 4. The molecule has 12 heteroatoms. The number of nitrogens with zero attached hydrogens (tertiary/aromatic N) is 3. The van der Waals surface area contributed by atoms with Gasteiger partial charge in [0.15, 0.2) is 0 Å². The van der Waals surface area contributed by atoms with Crippen LogP contribution in [0.5, 0.6) is 0 Å². The molecule has 4 rings (SSSR count). The van der Waals surface area contributed by atoms with Crippen LogP contribution in [0.4, 0.5) is 21.9 Å². The molecule has 2 heterocycles. The summed E-state index contributed by atoms with van der Waals surface area (Å²) in [6, 6.07) is 12.5. The number of anilines is 3. The van der Waals surface area contributed by atoms with Crippen molar-refractivity contribution in [2.75, 3.05) is 61.6 Å². The maximum absolute atomic E-state index is 13.6. The first-order valence-corrected chi connectivity index (χ1v) is 12.7. The van der Waals surface area contributed by atoms with Gasteiger partial charge < -0.3 is 40.3 Å². The molecule has 2 aromatic carbocycles. The summed E-state index contributed by atoms with van der Waals surface area (Å²) >= 11 is 5.94. The third-order valence-electron chi connectivity index (χ3n) is 6.57. The van der Waals surface area contributed by atoms with Gasteiger partial charge in [-0.05, 0) is 48.5 Å². The van der Waals surface area contributed by atoms with E-state index in [4.69, 9.17) is 26.8 Å². The van der Waals surface area contributed by atoms with Crippen LogP contribution in [-0.4, -0.2) is 92.6 Å². The topological polar surface area (TPSA) is 138 Å². The van der Waals surface area contributed by atoms with Gasteiger partial charge in [-0.25, -0.2) is 4.79 Å². The monoisotopic (exact) mass is 545 g/mol. The van der Waals surface area contributed by atoms with Gasteiger partial charge >= 0.3 is 6.03 Å². The molecule has 0 aromatic heterocycles. The quantitative estimate of drug-likeness (QED) is 0.459. The zero-order valence-electron chi connectivity index (χ0n) is 21.1. The first kappa shape index (κ1) is 27.8. The zero-order valence-corrected chi connectivity index (χ0v) is 21.8. The summed E-state index contributed by atoms with van der Waals surface area (Å²) in [6.07, 6.45) is -1.03. The van der Waals surface area contributed by atoms with Crippen molar-refractivity contribution >= 4 is 46.5 Å². The van der Waals surface area contributed by atoms with Crippen LogP contribution in [0.1, 0.15) is 6.42 Å². The number of hydrogen-bond acceptors (Lipinski definition) is 7. The molecule has 4 amide bonds. The molecule has 0 aliphatic carbocycles. The molecular formula is C26H32ClN5O6. The highest BCUT2D eigenvalue weighted by atomic mass is 35.5. The molecule has 0 bridgehead atoms. The molecule has 0 spiro atoms. The maximum atomic E-state index is 13.6. The van der Waals surface area contributed by atoms with Crippen LogP contribution >= 0.6 is 11.6 Å². The van der Waals surface area contributed by atoms with Gasteiger partial charge in [-0.3, -0.25) is 9.59 Å². The number of carbonyl (C=O) groups is 3. The number of urea groups is 1. The first-order chi connectivity index (χ1) is 18.3. The van der Waals surface area contributed by atoms with Gasteiger partial charge in [0.05, 0.1) is 25.4 Å². The minimum Gasteiger partial charge on any atom is -0.389 e. The second kappa shape index (κ2) is 12.5. The number of morpholine rings is 1. The number of aliphatic hydroxyl groups is 1. The summed E-state index contributed by atoms with van der Waals surface area (Å²) in [5.41, 5.74) is 7.34. The SMILES string of the molecule is CN(C(=O)[C@H]1C[C@@H](OCC(O)CN)CN1C(=O)Nc1ccc(Cl)cc1)c1ccc(N2CCOCC2=O)cc1. The normalized spacial score (nSPS) is 20.4. The van der Waals surface area contributed by atoms with E-state index in [2.05, 4.69) is 5.32 Å². The molecule has 0 saturated carbocycles. The Bertz CT molecular complexity index is 1130. The zero-order chi connectivity index (χ0) is 27.2. The van der Waals surface area contributed by atoms with Crippen LogP contribution < -0.4 is 20.9 Å². The molecule has 2 aliphatic heterocycles. The lowest BCUT2D eigenvalue weighted by Crippen LogP contribution is -2.48. The second-order valence-corrected chi connectivity index (χ2v) is 9.63. The van der Waals surface area contributed by atoms with Crippen molar-refractivity contribution in [3.63, 3.8) is 0 Å². The number of ether oxygens (including phenoxy) is 2. The molecule has 2 saturated heterocycles. The Morgan fingerprint density at radius 3 is 2.61 bits per heavy atom. The van der Waals surface area contributed by atoms with Gasteiger partial charge in [0, 0.05) is 55.2 Å². The highest BCUT2D eigenvalue weighted by Gasteiger charge is 2.42. The highest BCUT2D eigenvalue weighted by molar-refractivity contribution is 6.30. The molecule has 38 heavy (non-hydrogen) atoms. The number of likely N-dealkylation sites (N-methyl/N-ethyl adjacent to an activating group) is 1. The molecule has 204 valence electrons. The van der Waals surface area contributed by atoms with Crippen LogP contribution in [-0.2, 0) is 19.1 Å². The van der Waals surface area contributed by atoms with E-state index in [9.17, 15) is 19.5 Å². The minimum absolute atomic E-state index is 0.00623. The van der Waals surface area contributed by atoms with E-state index in [1.165, 1.54) is 9.80 Å². The number of aliphatic hydroxyl groups excluding tert-OH is 1. The van der Waals surface area contributed by atoms with Gasteiger partial charge in [-0.1, -0.05) is 11.6 Å². The lowest BCUT2D eigenvalue weighted by atomic mass is 10.1. The van der Waals surface area contributed by atoms with Crippen LogP contribution in [0.15, 0.2) is 48.5 Å². The standard InChI is InChI=1S/C26H32ClN5O6/c1-30(19-6-8-20(9-7-19)31-10-11-37-16-24(31)34)25(35)23-12-22(38-15-21(33)13-28)14-32(23)26(36)29-18-4-2-17(27)3-5-18/h2-9,21-23,33H,10-16,28H2,1H3,(H,29,36)/t21?,22-,23-/m1/s1. The molecule has 2 aliphatic rings. The lowest BCUT2D eigenvalue weighted by Gasteiger charge is -2.29. The number of rotatable bonds is 8. The minimum atomic E-state index is -0.833. The summed E-state index contributed by atoms with van der Waals surface area (Å²) in [7, 11) is 1.64. The fraction of sp³-hybridized carbons (Fsp3) is 0.423. The van der Waals surface area contributed by atoms with Crippen molar-refractivity contribution in [3.8, 4) is 0 Å². The number of benzene rings is 2. The van der Waals surface area contributed by atoms with E-state index < -0.39 is 24.3 Å². The van der Waals surface area contributed by atoms with Crippen molar-refractivity contribution in [2.24, 2.45) is 5.73 Å². The average molecular weight is 546 g/mol. The van der Waals surface area contributed by atoms with E-state index in [0.717, 1.165) is 5.69 Å². The van der Waals surface area contributed by atoms with Crippen molar-refractivity contribution in [2.45, 2.75) is 24.7 Å². The Hall–Kier alpha value is -3.22. The Morgan fingerprint density at radius 1 is 1.24 bits per heavy atom. The lowest BCUT2D eigenvalue weighted by molar-refractivity contribution is -0.125. The largest absolute Gasteiger partial charge is 0.389 e. The summed E-state index contributed by atoms with van der Waals surface area (Å²) in [6.45, 7) is 1.19. The number of nitrogens with one attached hydrogen (secondary N) is 1. The highest BCUT2D eigenvalue weighted by Crippen LogP contribution is 2.27. The Kier molecular flexibility index (Phi) is 9.18. The van der Waals surface area contributed by atoms with E-state index in [1.807, 2.05) is 0 Å². The number of nitrogens with two attached hydrogens (primary N) is 1. The van der Waals surface area contributed by atoms with E-state index in [0.29, 0.717) is 29.5 Å². The third kappa shape index (κ3) is 6.61. The fourth-order valence-corrected chi connectivity index (χ4v) is 4.54. The van der Waals surface area contributed by atoms with Crippen molar-refractivity contribution in [1.82, 2.24) is 4.90 Å². The number of likely N-dealkylation sites (tertiary alicyclic amines) is 1. The molecule has 1 unspecified atom stereocenters. The van der Waals surface area contributed by atoms with Crippen molar-refractivity contribution < 1.29 is 29.0 Å². The van der Waals surface area contributed by atoms with Gasteiger partial charge in [0.25, 0.3) is 5.91 Å². The van der Waals surface area contributed by atoms with Crippen LogP contribution in [0, 0.1) is 0 Å².